The van der Waals surface area contributed by atoms with Crippen LogP contribution in [-0.4, -0.2) is 82.5 Å². The van der Waals surface area contributed by atoms with E-state index in [0.717, 1.165) is 6.55 Å². The molecule has 12 nitrogen and oxygen atoms in total. The van der Waals surface area contributed by atoms with Crippen molar-refractivity contribution in [3.63, 3.8) is 0 Å². The molecule has 0 aromatic rings. The van der Waals surface area contributed by atoms with Gasteiger partial charge in [-0.2, -0.15) is 0 Å². The van der Waals surface area contributed by atoms with E-state index < -0.39 is 42.8 Å². The second kappa shape index (κ2) is 7.99. The molecule has 106 valence electrons. The Labute approximate surface area is 105 Å². The molecule has 0 aromatic carbocycles. The number of hydrogen-bond donors (Lipinski definition) is 6. The largest absolute Gasteiger partial charge is 0.797 e. The zero-order valence-electron chi connectivity index (χ0n) is 8.39. The lowest BCUT2D eigenvalue weighted by Crippen LogP contribution is -2.63. The lowest BCUT2D eigenvalue weighted by Gasteiger charge is -2.41. The summed E-state index contributed by atoms with van der Waals surface area (Å²) in [6.07, 6.45) is 0. The van der Waals surface area contributed by atoms with Crippen LogP contribution in [0, 0.1) is 0 Å². The smallest absolute Gasteiger partial charge is 0.608 e. The van der Waals surface area contributed by atoms with Crippen molar-refractivity contribution in [2.75, 3.05) is 0 Å². The molecule has 2 radical (unpaired) electrons. The van der Waals surface area contributed by atoms with E-state index in [1.165, 1.54) is 0 Å². The van der Waals surface area contributed by atoms with E-state index in [1.807, 2.05) is 0 Å². The summed E-state index contributed by atoms with van der Waals surface area (Å²) in [5, 5.41) is 0. The molecule has 1 atom stereocenters. The van der Waals surface area contributed by atoms with E-state index in [-0.39, 0.29) is 11.0 Å². The van der Waals surface area contributed by atoms with Crippen LogP contribution in [0.4, 0.5) is 0 Å². The fourth-order valence-corrected chi connectivity index (χ4v) is 4.63. The molecule has 1 unspecified atom stereocenters. The number of rotatable bonds is 6. The standard InChI is InChI=1S/CH6O6Si2.Al.H3O4Si.2H2O/c1-8(2,3)7-9(4,5)6;;1-5(2,3)4;;/h2-4H,1H3;;1-3H;2*1H2/q-2;+1;-1;;. The minimum absolute atomic E-state index is 0. The number of hydrogen-bond acceptors (Lipinski definition) is 10. The summed E-state index contributed by atoms with van der Waals surface area (Å²) < 4.78 is 11.8. The SMILES string of the molecule is C[Si](O)(O)O[Si]([O-])(O)[O][Al-][O][Si](O)(O)O.O.O. The molecule has 0 fully saturated rings. The van der Waals surface area contributed by atoms with Crippen molar-refractivity contribution in [1.29, 1.82) is 0 Å². The molecule has 0 saturated heterocycles. The van der Waals surface area contributed by atoms with Crippen LogP contribution in [0.5, 0.6) is 0 Å². The lowest BCUT2D eigenvalue weighted by atomic mass is 11.9. The van der Waals surface area contributed by atoms with E-state index in [1.54, 1.807) is 0 Å². The molecule has 17 heavy (non-hydrogen) atoms. The van der Waals surface area contributed by atoms with Gasteiger partial charge in [0.1, 0.15) is 15.9 Å². The average molecular weight is 328 g/mol. The van der Waals surface area contributed by atoms with E-state index >= 15 is 0 Å². The van der Waals surface area contributed by atoms with Gasteiger partial charge in [0.25, 0.3) is 0 Å². The molecule has 0 spiro atoms. The van der Waals surface area contributed by atoms with Gasteiger partial charge in [-0.15, -0.1) is 0 Å². The predicted octanol–water partition coefficient (Wildman–Crippen LogP) is -7.32. The Hall–Kier alpha value is 0.703. The van der Waals surface area contributed by atoms with Crippen molar-refractivity contribution in [3.05, 3.63) is 0 Å². The minimum atomic E-state index is -5.03. The van der Waals surface area contributed by atoms with Crippen LogP contribution in [0.3, 0.4) is 0 Å². The molecular weight excluding hydrogens is 315 g/mol. The Morgan fingerprint density at radius 3 is 1.65 bits per heavy atom. The molecule has 0 aliphatic rings. The molecule has 0 heterocycles. The summed E-state index contributed by atoms with van der Waals surface area (Å²) >= 11 is -1.89. The first kappa shape index (κ1) is 22.8. The lowest BCUT2D eigenvalue weighted by molar-refractivity contribution is -0.291. The van der Waals surface area contributed by atoms with E-state index in [0.29, 0.717) is 0 Å². The maximum Gasteiger partial charge on any atom is 0.608 e. The summed E-state index contributed by atoms with van der Waals surface area (Å²) in [6, 6.07) is 0. The first-order valence-corrected chi connectivity index (χ1v) is 10.0. The van der Waals surface area contributed by atoms with Gasteiger partial charge in [-0.3, -0.25) is 0 Å². The van der Waals surface area contributed by atoms with Crippen LogP contribution >= 0.6 is 0 Å². The van der Waals surface area contributed by atoms with Crippen molar-refractivity contribution < 1.29 is 55.6 Å². The Morgan fingerprint density at radius 2 is 1.35 bits per heavy atom. The topological polar surface area (TPSA) is 235 Å². The Balaban J connectivity index is -0.000000980. The van der Waals surface area contributed by atoms with Crippen LogP contribution in [0.15, 0.2) is 0 Å². The maximum absolute atomic E-state index is 10.9. The van der Waals surface area contributed by atoms with E-state index in [9.17, 15) is 4.80 Å². The summed E-state index contributed by atoms with van der Waals surface area (Å²) in [6.45, 7) is 0.797. The quantitative estimate of drug-likeness (QED) is 0.252. The fraction of sp³-hybridized carbons (Fsp3) is 1.00. The second-order valence-corrected chi connectivity index (χ2v) is 9.42. The molecular formula is CH13AlO12Si3-2. The second-order valence-electron chi connectivity index (χ2n) is 2.47. The molecule has 0 aromatic heterocycles. The van der Waals surface area contributed by atoms with Crippen LogP contribution in [0.2, 0.25) is 6.55 Å². The summed E-state index contributed by atoms with van der Waals surface area (Å²) in [4.78, 5) is 62.1. The van der Waals surface area contributed by atoms with Gasteiger partial charge in [-0.1, -0.05) is 0 Å². The van der Waals surface area contributed by atoms with Gasteiger partial charge in [-0.05, 0) is 0 Å². The van der Waals surface area contributed by atoms with Crippen molar-refractivity contribution in [3.8, 4) is 0 Å². The third-order valence-corrected chi connectivity index (χ3v) is 6.53. The maximum atomic E-state index is 10.9. The van der Waals surface area contributed by atoms with Crippen LogP contribution < -0.4 is 4.80 Å². The van der Waals surface area contributed by atoms with Gasteiger partial charge in [-0.25, -0.2) is 0 Å². The molecule has 10 N–H and O–H groups in total. The zero-order chi connectivity index (χ0) is 12.3. The minimum Gasteiger partial charge on any atom is -0.797 e. The summed E-state index contributed by atoms with van der Waals surface area (Å²) in [7, 11) is -14.1. The van der Waals surface area contributed by atoms with Crippen molar-refractivity contribution in [2.24, 2.45) is 0 Å². The van der Waals surface area contributed by atoms with Gasteiger partial charge in [0.05, 0.1) is 0 Å². The Bertz CT molecular complexity index is 195. The molecule has 0 amide bonds. The normalized spacial score (nSPS) is 15.5. The Kier molecular flexibility index (Phi) is 10.7. The van der Waals surface area contributed by atoms with E-state index in [2.05, 4.69) is 11.1 Å². The monoisotopic (exact) mass is 328 g/mol. The van der Waals surface area contributed by atoms with Crippen molar-refractivity contribution >= 4 is 42.8 Å². The third-order valence-electron chi connectivity index (χ3n) is 0.726. The van der Waals surface area contributed by atoms with Gasteiger partial charge in [0.15, 0.2) is 0 Å². The highest BCUT2D eigenvalue weighted by Gasteiger charge is 2.32. The molecule has 0 saturated carbocycles. The highest BCUT2D eigenvalue weighted by molar-refractivity contribution is 6.70. The zero-order valence-corrected chi connectivity index (χ0v) is 12.5. The highest BCUT2D eigenvalue weighted by atomic mass is 28.5. The molecule has 0 bridgehead atoms. The van der Waals surface area contributed by atoms with Gasteiger partial charge >= 0.3 is 26.9 Å². The average Bonchev–Trinajstić information content (AvgIpc) is 1.75. The highest BCUT2D eigenvalue weighted by Crippen LogP contribution is 2.02. The first-order valence-electron chi connectivity index (χ1n) is 3.33. The van der Waals surface area contributed by atoms with Gasteiger partial charge in [0, 0.05) is 6.55 Å². The van der Waals surface area contributed by atoms with Gasteiger partial charge < -0.3 is 55.6 Å². The van der Waals surface area contributed by atoms with Crippen LogP contribution in [-0.2, 0) is 11.1 Å². The van der Waals surface area contributed by atoms with Gasteiger partial charge in [0.2, 0.25) is 0 Å². The molecule has 0 aliphatic carbocycles. The third kappa shape index (κ3) is 16.7. The van der Waals surface area contributed by atoms with Crippen LogP contribution in [0.25, 0.3) is 0 Å². The predicted molar refractivity (Wildman–Crippen MR) is 52.7 cm³/mol. The molecule has 0 rings (SSSR count). The Morgan fingerprint density at radius 1 is 0.941 bits per heavy atom. The van der Waals surface area contributed by atoms with Crippen LogP contribution in [0.1, 0.15) is 0 Å². The van der Waals surface area contributed by atoms with Crippen molar-refractivity contribution in [1.82, 2.24) is 0 Å². The first-order chi connectivity index (χ1) is 6.41. The molecule has 0 aliphatic heterocycles. The molecule has 16 heteroatoms. The summed E-state index contributed by atoms with van der Waals surface area (Å²) in [5.41, 5.74) is 0. The van der Waals surface area contributed by atoms with Crippen molar-refractivity contribution in [2.45, 2.75) is 6.55 Å². The summed E-state index contributed by atoms with van der Waals surface area (Å²) in [5.74, 6) is 0. The fourth-order valence-electron chi connectivity index (χ4n) is 0.418. The van der Waals surface area contributed by atoms with E-state index in [4.69, 9.17) is 28.8 Å².